The zero-order chi connectivity index (χ0) is 42.4. The van der Waals surface area contributed by atoms with Crippen LogP contribution in [-0.4, -0.2) is 80.4 Å². The van der Waals surface area contributed by atoms with Crippen LogP contribution in [0, 0.1) is 0 Å². The molecular weight excluding hydrogens is 823 g/mol. The molecule has 2 amide bonds. The molecule has 0 radical (unpaired) electrons. The number of piperazine rings is 1. The Balaban J connectivity index is 1.07. The third kappa shape index (κ3) is 10.8. The van der Waals surface area contributed by atoms with Gasteiger partial charge in [-0.25, -0.2) is 13.1 Å². The minimum Gasteiger partial charge on any atom is -0.494 e. The highest BCUT2D eigenvalue weighted by Crippen LogP contribution is 2.37. The highest BCUT2D eigenvalue weighted by Gasteiger charge is 2.36. The molecule has 0 unspecified atom stereocenters. The molecule has 2 heterocycles. The first-order chi connectivity index (χ1) is 28.0. The van der Waals surface area contributed by atoms with Crippen LogP contribution in [0.25, 0.3) is 11.1 Å². The van der Waals surface area contributed by atoms with Gasteiger partial charge in [0.2, 0.25) is 0 Å². The molecule has 2 N–H and O–H groups in total. The van der Waals surface area contributed by atoms with E-state index < -0.39 is 55.9 Å². The summed E-state index contributed by atoms with van der Waals surface area (Å²) in [5.41, 5.74) is -2.49. The maximum atomic E-state index is 14.0. The lowest BCUT2D eigenvalue weighted by molar-refractivity contribution is -0.138. The first-order valence-corrected chi connectivity index (χ1v) is 20.5. The summed E-state index contributed by atoms with van der Waals surface area (Å²) in [6.07, 6.45) is -9.63. The minimum atomic E-state index is -4.91. The van der Waals surface area contributed by atoms with Crippen molar-refractivity contribution in [1.29, 1.82) is 0 Å². The van der Waals surface area contributed by atoms with Crippen molar-refractivity contribution < 1.29 is 49.1 Å². The van der Waals surface area contributed by atoms with Gasteiger partial charge in [-0.05, 0) is 90.8 Å². The van der Waals surface area contributed by atoms with Gasteiger partial charge in [-0.3, -0.25) is 9.59 Å². The largest absolute Gasteiger partial charge is 0.494 e. The van der Waals surface area contributed by atoms with Crippen LogP contribution in [0.3, 0.4) is 0 Å². The van der Waals surface area contributed by atoms with E-state index in [1.54, 1.807) is 40.8 Å². The standard InChI is InChI=1S/C40H36F6N6O5S2/c1-2-57-30-8-6-7-26(24-30)27-21-28(23-29(22-27)39(41,42)43)38(54)52-18-16-51(17-19-52)36-14-13-35(48-49-36)37(53)50-59(55,56)32-11-12-34(33(25-32)40(44,45)46)47-15-20-58-31-9-4-3-5-10-31/h3-14,21-25,47H,2,15-20H2,1H3,(H,50,53). The van der Waals surface area contributed by atoms with E-state index in [0.717, 1.165) is 29.2 Å². The van der Waals surface area contributed by atoms with Crippen LogP contribution in [0.4, 0.5) is 37.8 Å². The molecule has 5 aromatic rings. The third-order valence-corrected chi connectivity index (χ3v) is 11.4. The van der Waals surface area contributed by atoms with E-state index >= 15 is 0 Å². The van der Waals surface area contributed by atoms with Crippen molar-refractivity contribution in [1.82, 2.24) is 19.8 Å². The molecule has 4 aromatic carbocycles. The molecule has 310 valence electrons. The number of hydrogen-bond acceptors (Lipinski definition) is 10. The Bertz CT molecular complexity index is 2390. The number of amides is 2. The number of halogens is 6. The van der Waals surface area contributed by atoms with Crippen molar-refractivity contribution in [2.24, 2.45) is 0 Å². The first-order valence-electron chi connectivity index (χ1n) is 18.1. The maximum absolute atomic E-state index is 14.0. The number of sulfonamides is 1. The van der Waals surface area contributed by atoms with Crippen LogP contribution in [0.15, 0.2) is 113 Å². The van der Waals surface area contributed by atoms with E-state index in [2.05, 4.69) is 15.5 Å². The summed E-state index contributed by atoms with van der Waals surface area (Å²) in [5, 5.41) is 10.5. The Labute approximate surface area is 339 Å². The smallest absolute Gasteiger partial charge is 0.418 e. The Morgan fingerprint density at radius 1 is 0.797 bits per heavy atom. The van der Waals surface area contributed by atoms with E-state index in [-0.39, 0.29) is 55.4 Å². The third-order valence-electron chi connectivity index (χ3n) is 9.02. The topological polar surface area (TPSA) is 134 Å². The second-order valence-corrected chi connectivity index (χ2v) is 15.9. The number of carbonyl (C=O) groups excluding carboxylic acids is 2. The number of benzene rings is 4. The normalized spacial score (nSPS) is 13.5. The van der Waals surface area contributed by atoms with Gasteiger partial charge in [-0.15, -0.1) is 22.0 Å². The van der Waals surface area contributed by atoms with Crippen LogP contribution in [0.2, 0.25) is 0 Å². The van der Waals surface area contributed by atoms with Crippen molar-refractivity contribution in [3.05, 3.63) is 126 Å². The number of carbonyl (C=O) groups is 2. The number of alkyl halides is 6. The summed E-state index contributed by atoms with van der Waals surface area (Å²) in [7, 11) is -4.79. The fraction of sp³-hybridized carbons (Fsp3) is 0.250. The molecule has 0 aliphatic carbocycles. The number of nitrogens with zero attached hydrogens (tertiary/aromatic N) is 4. The Morgan fingerprint density at radius 3 is 2.20 bits per heavy atom. The Kier molecular flexibility index (Phi) is 13.0. The predicted molar refractivity (Wildman–Crippen MR) is 210 cm³/mol. The highest BCUT2D eigenvalue weighted by molar-refractivity contribution is 7.99. The fourth-order valence-corrected chi connectivity index (χ4v) is 7.91. The Morgan fingerprint density at radius 2 is 1.54 bits per heavy atom. The number of anilines is 2. The van der Waals surface area contributed by atoms with Gasteiger partial charge in [-0.1, -0.05) is 30.3 Å². The molecule has 0 bridgehead atoms. The first kappa shape index (κ1) is 42.8. The van der Waals surface area contributed by atoms with Crippen LogP contribution >= 0.6 is 11.8 Å². The lowest BCUT2D eigenvalue weighted by Gasteiger charge is -2.35. The van der Waals surface area contributed by atoms with Gasteiger partial charge in [-0.2, -0.15) is 26.3 Å². The van der Waals surface area contributed by atoms with Gasteiger partial charge in [0.25, 0.3) is 21.8 Å². The summed E-state index contributed by atoms with van der Waals surface area (Å²) in [4.78, 5) is 29.7. The van der Waals surface area contributed by atoms with Gasteiger partial charge in [0.15, 0.2) is 11.5 Å². The molecule has 0 atom stereocenters. The number of hydrogen-bond donors (Lipinski definition) is 2. The van der Waals surface area contributed by atoms with Gasteiger partial charge >= 0.3 is 12.4 Å². The van der Waals surface area contributed by atoms with Gasteiger partial charge in [0, 0.05) is 54.6 Å². The molecule has 19 heteroatoms. The fourth-order valence-electron chi connectivity index (χ4n) is 6.13. The summed E-state index contributed by atoms with van der Waals surface area (Å²) in [6, 6.07) is 23.9. The zero-order valence-electron chi connectivity index (χ0n) is 31.2. The molecule has 59 heavy (non-hydrogen) atoms. The molecule has 1 saturated heterocycles. The lowest BCUT2D eigenvalue weighted by atomic mass is 9.98. The average Bonchev–Trinajstić information content (AvgIpc) is 3.22. The zero-order valence-corrected chi connectivity index (χ0v) is 32.8. The minimum absolute atomic E-state index is 0.104. The van der Waals surface area contributed by atoms with Crippen molar-refractivity contribution in [3.63, 3.8) is 0 Å². The van der Waals surface area contributed by atoms with Crippen LogP contribution in [0.5, 0.6) is 5.75 Å². The SMILES string of the molecule is CCOc1cccc(-c2cc(C(=O)N3CCN(c4ccc(C(=O)NS(=O)(=O)c5ccc(NCCSc6ccccc6)c(C(F)(F)F)c5)nn4)CC3)cc(C(F)(F)F)c2)c1. The molecule has 1 aliphatic heterocycles. The average molecular weight is 859 g/mol. The van der Waals surface area contributed by atoms with Gasteiger partial charge in [0.1, 0.15) is 5.75 Å². The molecule has 1 aromatic heterocycles. The quantitative estimate of drug-likeness (QED) is 0.0685. The van der Waals surface area contributed by atoms with Crippen molar-refractivity contribution in [2.45, 2.75) is 29.1 Å². The van der Waals surface area contributed by atoms with E-state index in [9.17, 15) is 44.3 Å². The van der Waals surface area contributed by atoms with Crippen molar-refractivity contribution in [2.75, 3.05) is 55.3 Å². The molecule has 0 spiro atoms. The van der Waals surface area contributed by atoms with Gasteiger partial charge in [0.05, 0.1) is 22.6 Å². The van der Waals surface area contributed by atoms with Crippen LogP contribution in [0.1, 0.15) is 38.9 Å². The molecule has 6 rings (SSSR count). The molecule has 0 saturated carbocycles. The number of aromatic nitrogens is 2. The number of ether oxygens (including phenoxy) is 1. The van der Waals surface area contributed by atoms with E-state index in [1.807, 2.05) is 30.3 Å². The maximum Gasteiger partial charge on any atom is 0.418 e. The summed E-state index contributed by atoms with van der Waals surface area (Å²) < 4.78 is 117. The van der Waals surface area contributed by atoms with Gasteiger partial charge < -0.3 is 19.9 Å². The van der Waals surface area contributed by atoms with E-state index in [0.29, 0.717) is 29.7 Å². The lowest BCUT2D eigenvalue weighted by Crippen LogP contribution is -2.49. The monoisotopic (exact) mass is 858 g/mol. The second kappa shape index (κ2) is 18.0. The molecule has 1 aliphatic rings. The summed E-state index contributed by atoms with van der Waals surface area (Å²) in [6.45, 7) is 2.89. The number of rotatable bonds is 13. The van der Waals surface area contributed by atoms with Crippen molar-refractivity contribution in [3.8, 4) is 16.9 Å². The van der Waals surface area contributed by atoms with Crippen LogP contribution in [-0.2, 0) is 22.4 Å². The second-order valence-electron chi connectivity index (χ2n) is 13.0. The summed E-state index contributed by atoms with van der Waals surface area (Å²) in [5.74, 6) is -0.687. The number of thioether (sulfide) groups is 1. The number of nitrogens with one attached hydrogen (secondary N) is 2. The highest BCUT2D eigenvalue weighted by atomic mass is 32.2. The van der Waals surface area contributed by atoms with E-state index in [4.69, 9.17) is 4.74 Å². The summed E-state index contributed by atoms with van der Waals surface area (Å²) >= 11 is 1.43. The molecule has 1 fully saturated rings. The molecule has 11 nitrogen and oxygen atoms in total. The van der Waals surface area contributed by atoms with Crippen molar-refractivity contribution >= 4 is 45.1 Å². The predicted octanol–water partition coefficient (Wildman–Crippen LogP) is 7.87. The van der Waals surface area contributed by atoms with Crippen LogP contribution < -0.4 is 19.7 Å². The van der Waals surface area contributed by atoms with E-state index in [1.165, 1.54) is 34.9 Å². The Hall–Kier alpha value is -5.82. The molecular formula is C40H36F6N6O5S2.